The van der Waals surface area contributed by atoms with Crippen LogP contribution < -0.4 is 15.8 Å². The minimum atomic E-state index is 0.576. The summed E-state index contributed by atoms with van der Waals surface area (Å²) in [6.45, 7) is 3.47. The van der Waals surface area contributed by atoms with Crippen LogP contribution in [0.5, 0.6) is 5.75 Å². The fourth-order valence-corrected chi connectivity index (χ4v) is 2.89. The van der Waals surface area contributed by atoms with Crippen molar-refractivity contribution in [2.24, 2.45) is 5.73 Å². The number of rotatable bonds is 9. The first-order chi connectivity index (χ1) is 13.7. The van der Waals surface area contributed by atoms with Crippen LogP contribution in [0, 0.1) is 0 Å². The van der Waals surface area contributed by atoms with Crippen molar-refractivity contribution >= 4 is 11.4 Å². The van der Waals surface area contributed by atoms with E-state index >= 15 is 0 Å². The van der Waals surface area contributed by atoms with Crippen LogP contribution in [-0.2, 0) is 13.2 Å². The number of nitrogens with one attached hydrogen (secondary N) is 1. The summed E-state index contributed by atoms with van der Waals surface area (Å²) in [5.41, 5.74) is 11.4. The summed E-state index contributed by atoms with van der Waals surface area (Å²) in [7, 11) is 0. The Balaban J connectivity index is 1.54. The summed E-state index contributed by atoms with van der Waals surface area (Å²) in [5.74, 6) is 0.882. The Morgan fingerprint density at radius 3 is 2.43 bits per heavy atom. The molecule has 0 aliphatic rings. The zero-order valence-corrected chi connectivity index (χ0v) is 16.4. The first-order valence-electron chi connectivity index (χ1n) is 9.80. The maximum atomic E-state index is 6.11. The average molecular weight is 373 g/mol. The van der Waals surface area contributed by atoms with E-state index < -0.39 is 0 Å². The summed E-state index contributed by atoms with van der Waals surface area (Å²) in [4.78, 5) is 0. The summed E-state index contributed by atoms with van der Waals surface area (Å²) in [5, 5.41) is 3.46. The van der Waals surface area contributed by atoms with E-state index in [1.165, 1.54) is 11.1 Å². The second-order valence-corrected chi connectivity index (χ2v) is 6.80. The molecule has 144 valence electrons. The molecule has 0 bridgehead atoms. The molecule has 3 rings (SSSR count). The molecular weight excluding hydrogens is 344 g/mol. The summed E-state index contributed by atoms with van der Waals surface area (Å²) in [6.07, 6.45) is 4.20. The Labute approximate surface area is 167 Å². The molecule has 3 aromatic rings. The van der Waals surface area contributed by atoms with Crippen molar-refractivity contribution in [3.63, 3.8) is 0 Å². The number of benzene rings is 3. The average Bonchev–Trinajstić information content (AvgIpc) is 2.76. The van der Waals surface area contributed by atoms with Crippen molar-refractivity contribution in [3.8, 4) is 5.75 Å². The maximum Gasteiger partial charge on any atom is 0.120 e. The van der Waals surface area contributed by atoms with Gasteiger partial charge in [-0.25, -0.2) is 0 Å². The molecule has 0 aliphatic carbocycles. The topological polar surface area (TPSA) is 47.3 Å². The van der Waals surface area contributed by atoms with Crippen LogP contribution in [0.15, 0.2) is 84.9 Å². The van der Waals surface area contributed by atoms with Gasteiger partial charge in [0.1, 0.15) is 12.4 Å². The molecule has 3 aromatic carbocycles. The van der Waals surface area contributed by atoms with Gasteiger partial charge >= 0.3 is 0 Å². The van der Waals surface area contributed by atoms with Gasteiger partial charge in [-0.3, -0.25) is 0 Å². The number of hydrogen-bond acceptors (Lipinski definition) is 3. The van der Waals surface area contributed by atoms with E-state index in [4.69, 9.17) is 10.5 Å². The predicted octanol–water partition coefficient (Wildman–Crippen LogP) is 5.98. The Hall–Kier alpha value is -3.20. The Morgan fingerprint density at radius 2 is 1.68 bits per heavy atom. The van der Waals surface area contributed by atoms with E-state index in [9.17, 15) is 0 Å². The summed E-state index contributed by atoms with van der Waals surface area (Å²) in [6, 6.07) is 26.7. The number of hydrogen-bond donors (Lipinski definition) is 2. The molecule has 0 aromatic heterocycles. The molecule has 0 spiro atoms. The normalized spacial score (nSPS) is 11.2. The second kappa shape index (κ2) is 10.2. The van der Waals surface area contributed by atoms with Crippen molar-refractivity contribution in [1.82, 2.24) is 0 Å². The molecular formula is C25H28N2O. The van der Waals surface area contributed by atoms with Gasteiger partial charge in [-0.05, 0) is 47.4 Å². The molecule has 0 saturated carbocycles. The van der Waals surface area contributed by atoms with Crippen LogP contribution >= 0.6 is 0 Å². The highest BCUT2D eigenvalue weighted by Crippen LogP contribution is 2.18. The van der Waals surface area contributed by atoms with Crippen LogP contribution in [0.1, 0.15) is 36.5 Å². The van der Waals surface area contributed by atoms with Crippen molar-refractivity contribution in [1.29, 1.82) is 0 Å². The van der Waals surface area contributed by atoms with Crippen molar-refractivity contribution in [3.05, 3.63) is 102 Å². The van der Waals surface area contributed by atoms with E-state index in [1.54, 1.807) is 0 Å². The molecule has 0 saturated heterocycles. The number of anilines is 1. The van der Waals surface area contributed by atoms with Crippen LogP contribution in [0.2, 0.25) is 0 Å². The summed E-state index contributed by atoms with van der Waals surface area (Å²) >= 11 is 0. The number of nitrogens with two attached hydrogens (primary N) is 1. The molecule has 3 nitrogen and oxygen atoms in total. The monoisotopic (exact) mass is 372 g/mol. The van der Waals surface area contributed by atoms with Crippen molar-refractivity contribution in [2.45, 2.75) is 32.9 Å². The zero-order chi connectivity index (χ0) is 19.6. The van der Waals surface area contributed by atoms with Gasteiger partial charge in [0.15, 0.2) is 0 Å². The lowest BCUT2D eigenvalue weighted by Gasteiger charge is -2.10. The van der Waals surface area contributed by atoms with Crippen LogP contribution in [0.4, 0.5) is 5.69 Å². The lowest BCUT2D eigenvalue weighted by Crippen LogP contribution is -2.01. The highest BCUT2D eigenvalue weighted by atomic mass is 16.5. The molecule has 0 aliphatic heterocycles. The molecule has 0 atom stereocenters. The van der Waals surface area contributed by atoms with Gasteiger partial charge in [0.2, 0.25) is 0 Å². The van der Waals surface area contributed by atoms with Gasteiger partial charge in [-0.1, -0.05) is 74.0 Å². The third-order valence-electron chi connectivity index (χ3n) is 4.51. The standard InChI is InChI=1S/C25H28N2O/c1-2-3-12-25(26)22-13-15-23(16-14-22)27-18-21-10-7-11-24(17-21)28-19-20-8-5-4-6-9-20/h4-17,27H,2-3,18-19,26H2,1H3/b25-12+. The molecule has 3 N–H and O–H groups in total. The largest absolute Gasteiger partial charge is 0.489 e. The molecule has 0 radical (unpaired) electrons. The maximum absolute atomic E-state index is 6.11. The van der Waals surface area contributed by atoms with Crippen LogP contribution in [0.25, 0.3) is 5.70 Å². The van der Waals surface area contributed by atoms with E-state index in [0.717, 1.165) is 42.1 Å². The van der Waals surface area contributed by atoms with Crippen LogP contribution in [0.3, 0.4) is 0 Å². The second-order valence-electron chi connectivity index (χ2n) is 6.80. The molecule has 0 amide bonds. The molecule has 3 heteroatoms. The van der Waals surface area contributed by atoms with Gasteiger partial charge < -0.3 is 15.8 Å². The minimum Gasteiger partial charge on any atom is -0.489 e. The van der Waals surface area contributed by atoms with Gasteiger partial charge in [0.05, 0.1) is 0 Å². The molecule has 0 unspecified atom stereocenters. The minimum absolute atomic E-state index is 0.576. The SMILES string of the molecule is CCC/C=C(/N)c1ccc(NCc2cccc(OCc3ccccc3)c2)cc1. The van der Waals surface area contributed by atoms with Gasteiger partial charge in [-0.15, -0.1) is 0 Å². The van der Waals surface area contributed by atoms with E-state index in [-0.39, 0.29) is 0 Å². The predicted molar refractivity (Wildman–Crippen MR) is 118 cm³/mol. The van der Waals surface area contributed by atoms with E-state index in [1.807, 2.05) is 30.3 Å². The first kappa shape index (κ1) is 19.6. The zero-order valence-electron chi connectivity index (χ0n) is 16.4. The molecule has 0 fully saturated rings. The lowest BCUT2D eigenvalue weighted by atomic mass is 10.1. The molecule has 0 heterocycles. The quantitative estimate of drug-likeness (QED) is 0.486. The third kappa shape index (κ3) is 5.92. The van der Waals surface area contributed by atoms with E-state index in [0.29, 0.717) is 6.61 Å². The first-order valence-corrected chi connectivity index (χ1v) is 9.80. The Kier molecular flexibility index (Phi) is 7.14. The smallest absolute Gasteiger partial charge is 0.120 e. The Bertz CT molecular complexity index is 886. The van der Waals surface area contributed by atoms with Gasteiger partial charge in [-0.2, -0.15) is 0 Å². The highest BCUT2D eigenvalue weighted by Gasteiger charge is 2.00. The number of ether oxygens (including phenoxy) is 1. The number of allylic oxidation sites excluding steroid dienone is 1. The summed E-state index contributed by atoms with van der Waals surface area (Å²) < 4.78 is 5.91. The Morgan fingerprint density at radius 1 is 0.929 bits per heavy atom. The highest BCUT2D eigenvalue weighted by molar-refractivity contribution is 5.64. The lowest BCUT2D eigenvalue weighted by molar-refractivity contribution is 0.306. The van der Waals surface area contributed by atoms with Crippen molar-refractivity contribution < 1.29 is 4.74 Å². The van der Waals surface area contributed by atoms with Gasteiger partial charge in [0.25, 0.3) is 0 Å². The van der Waals surface area contributed by atoms with Crippen molar-refractivity contribution in [2.75, 3.05) is 5.32 Å². The van der Waals surface area contributed by atoms with E-state index in [2.05, 4.69) is 66.8 Å². The third-order valence-corrected chi connectivity index (χ3v) is 4.51. The number of unbranched alkanes of at least 4 members (excludes halogenated alkanes) is 1. The fourth-order valence-electron chi connectivity index (χ4n) is 2.89. The van der Waals surface area contributed by atoms with Gasteiger partial charge in [0, 0.05) is 17.9 Å². The molecule has 28 heavy (non-hydrogen) atoms. The van der Waals surface area contributed by atoms with Crippen LogP contribution in [-0.4, -0.2) is 0 Å². The fraction of sp³-hybridized carbons (Fsp3) is 0.200.